The van der Waals surface area contributed by atoms with E-state index in [-0.39, 0.29) is 24.6 Å². The Morgan fingerprint density at radius 2 is 2.05 bits per heavy atom. The SMILES string of the molecule is CC(CC(N)=O)NC(=O)NCc1cccc(C(=O)O)c1. The first-order valence-electron chi connectivity index (χ1n) is 6.03. The molecule has 0 saturated heterocycles. The molecule has 7 heteroatoms. The van der Waals surface area contributed by atoms with E-state index in [0.717, 1.165) is 0 Å². The first-order chi connectivity index (χ1) is 9.38. The summed E-state index contributed by atoms with van der Waals surface area (Å²) in [5.41, 5.74) is 5.84. The second-order valence-electron chi connectivity index (χ2n) is 4.40. The lowest BCUT2D eigenvalue weighted by Crippen LogP contribution is -2.42. The number of aromatic carboxylic acids is 1. The number of benzene rings is 1. The van der Waals surface area contributed by atoms with Crippen LogP contribution in [0.3, 0.4) is 0 Å². The highest BCUT2D eigenvalue weighted by atomic mass is 16.4. The van der Waals surface area contributed by atoms with Gasteiger partial charge in [-0.1, -0.05) is 12.1 Å². The highest BCUT2D eigenvalue weighted by molar-refractivity contribution is 5.87. The first kappa shape index (κ1) is 15.5. The maximum absolute atomic E-state index is 11.5. The van der Waals surface area contributed by atoms with E-state index in [0.29, 0.717) is 5.56 Å². The molecule has 1 aromatic rings. The van der Waals surface area contributed by atoms with E-state index in [9.17, 15) is 14.4 Å². The summed E-state index contributed by atoms with van der Waals surface area (Å²) in [4.78, 5) is 33.0. The Morgan fingerprint density at radius 3 is 2.65 bits per heavy atom. The summed E-state index contributed by atoms with van der Waals surface area (Å²) in [5.74, 6) is -1.52. The number of nitrogens with one attached hydrogen (secondary N) is 2. The number of urea groups is 1. The fourth-order valence-electron chi connectivity index (χ4n) is 1.62. The molecule has 1 atom stereocenters. The van der Waals surface area contributed by atoms with Crippen LogP contribution in [-0.4, -0.2) is 29.1 Å². The lowest BCUT2D eigenvalue weighted by molar-refractivity contribution is -0.118. The van der Waals surface area contributed by atoms with E-state index in [4.69, 9.17) is 10.8 Å². The van der Waals surface area contributed by atoms with Gasteiger partial charge in [-0.05, 0) is 24.6 Å². The molecule has 0 aliphatic carbocycles. The van der Waals surface area contributed by atoms with Crippen LogP contribution in [0.5, 0.6) is 0 Å². The molecule has 3 amide bonds. The van der Waals surface area contributed by atoms with E-state index in [1.807, 2.05) is 0 Å². The standard InChI is InChI=1S/C13H17N3O4/c1-8(5-11(14)17)16-13(20)15-7-9-3-2-4-10(6-9)12(18)19/h2-4,6,8H,5,7H2,1H3,(H2,14,17)(H,18,19)(H2,15,16,20). The van der Waals surface area contributed by atoms with E-state index < -0.39 is 17.9 Å². The predicted octanol–water partition coefficient (Wildman–Crippen LogP) is 0.448. The maximum Gasteiger partial charge on any atom is 0.335 e. The third-order valence-electron chi connectivity index (χ3n) is 2.51. The monoisotopic (exact) mass is 279 g/mol. The van der Waals surface area contributed by atoms with Gasteiger partial charge in [0.15, 0.2) is 0 Å². The maximum atomic E-state index is 11.5. The third kappa shape index (κ3) is 5.38. The molecule has 7 nitrogen and oxygen atoms in total. The van der Waals surface area contributed by atoms with Gasteiger partial charge in [0.1, 0.15) is 0 Å². The molecule has 1 unspecified atom stereocenters. The topological polar surface area (TPSA) is 122 Å². The number of hydrogen-bond acceptors (Lipinski definition) is 3. The zero-order valence-corrected chi connectivity index (χ0v) is 11.1. The van der Waals surface area contributed by atoms with Crippen molar-refractivity contribution in [2.24, 2.45) is 5.73 Å². The van der Waals surface area contributed by atoms with Gasteiger partial charge in [0.25, 0.3) is 0 Å². The van der Waals surface area contributed by atoms with Crippen molar-refractivity contribution in [1.82, 2.24) is 10.6 Å². The van der Waals surface area contributed by atoms with Crippen LogP contribution < -0.4 is 16.4 Å². The number of rotatable bonds is 6. The van der Waals surface area contributed by atoms with Crippen molar-refractivity contribution in [1.29, 1.82) is 0 Å². The third-order valence-corrected chi connectivity index (χ3v) is 2.51. The molecule has 0 aliphatic rings. The Labute approximate surface area is 116 Å². The smallest absolute Gasteiger partial charge is 0.335 e. The van der Waals surface area contributed by atoms with Crippen LogP contribution >= 0.6 is 0 Å². The molecular formula is C13H17N3O4. The fourth-order valence-corrected chi connectivity index (χ4v) is 1.62. The molecule has 108 valence electrons. The van der Waals surface area contributed by atoms with E-state index in [2.05, 4.69) is 10.6 Å². The van der Waals surface area contributed by atoms with Gasteiger partial charge in [-0.2, -0.15) is 0 Å². The van der Waals surface area contributed by atoms with Crippen molar-refractivity contribution < 1.29 is 19.5 Å². The number of carboxylic acids is 1. The van der Waals surface area contributed by atoms with Crippen LogP contribution in [0.1, 0.15) is 29.3 Å². The van der Waals surface area contributed by atoms with Crippen molar-refractivity contribution in [2.75, 3.05) is 0 Å². The Balaban J connectivity index is 2.46. The molecule has 0 fully saturated rings. The van der Waals surface area contributed by atoms with Gasteiger partial charge in [0.2, 0.25) is 5.91 Å². The van der Waals surface area contributed by atoms with Crippen LogP contribution in [0.2, 0.25) is 0 Å². The fraction of sp³-hybridized carbons (Fsp3) is 0.308. The van der Waals surface area contributed by atoms with Gasteiger partial charge in [-0.25, -0.2) is 9.59 Å². The normalized spacial score (nSPS) is 11.4. The number of carbonyl (C=O) groups excluding carboxylic acids is 2. The molecular weight excluding hydrogens is 262 g/mol. The van der Waals surface area contributed by atoms with Crippen LogP contribution in [0.25, 0.3) is 0 Å². The summed E-state index contributed by atoms with van der Waals surface area (Å²) in [6.45, 7) is 1.85. The molecule has 1 rings (SSSR count). The number of amides is 3. The number of hydrogen-bond donors (Lipinski definition) is 4. The van der Waals surface area contributed by atoms with Gasteiger partial charge in [0, 0.05) is 19.0 Å². The molecule has 0 radical (unpaired) electrons. The molecule has 0 bridgehead atoms. The van der Waals surface area contributed by atoms with Gasteiger partial charge >= 0.3 is 12.0 Å². The lowest BCUT2D eigenvalue weighted by atomic mass is 10.1. The van der Waals surface area contributed by atoms with Gasteiger partial charge < -0.3 is 21.5 Å². The lowest BCUT2D eigenvalue weighted by Gasteiger charge is -2.13. The van der Waals surface area contributed by atoms with Gasteiger partial charge in [-0.15, -0.1) is 0 Å². The minimum absolute atomic E-state index is 0.0575. The molecule has 5 N–H and O–H groups in total. The quantitative estimate of drug-likeness (QED) is 0.603. The van der Waals surface area contributed by atoms with Crippen LogP contribution in [-0.2, 0) is 11.3 Å². The summed E-state index contributed by atoms with van der Waals surface area (Å²) < 4.78 is 0. The Bertz CT molecular complexity index is 516. The molecule has 20 heavy (non-hydrogen) atoms. The Hall–Kier alpha value is -2.57. The molecule has 0 heterocycles. The van der Waals surface area contributed by atoms with Crippen molar-refractivity contribution >= 4 is 17.9 Å². The molecule has 0 aliphatic heterocycles. The second kappa shape index (κ2) is 7.13. The largest absolute Gasteiger partial charge is 0.478 e. The van der Waals surface area contributed by atoms with E-state index >= 15 is 0 Å². The minimum atomic E-state index is -1.02. The number of primary amides is 1. The summed E-state index contributed by atoms with van der Waals surface area (Å²) in [6, 6.07) is 5.46. The highest BCUT2D eigenvalue weighted by Gasteiger charge is 2.09. The summed E-state index contributed by atoms with van der Waals surface area (Å²) in [5, 5.41) is 14.0. The van der Waals surface area contributed by atoms with Crippen molar-refractivity contribution in [3.8, 4) is 0 Å². The number of carbonyl (C=O) groups is 3. The molecule has 0 aromatic heterocycles. The zero-order valence-electron chi connectivity index (χ0n) is 11.1. The molecule has 0 saturated carbocycles. The van der Waals surface area contributed by atoms with Crippen molar-refractivity contribution in [3.05, 3.63) is 35.4 Å². The second-order valence-corrected chi connectivity index (χ2v) is 4.40. The highest BCUT2D eigenvalue weighted by Crippen LogP contribution is 2.05. The number of nitrogens with two attached hydrogens (primary N) is 1. The Morgan fingerprint density at radius 1 is 1.35 bits per heavy atom. The summed E-state index contributed by atoms with van der Waals surface area (Å²) in [6.07, 6.45) is 0.0575. The van der Waals surface area contributed by atoms with E-state index in [1.165, 1.54) is 12.1 Å². The van der Waals surface area contributed by atoms with Crippen LogP contribution in [0, 0.1) is 0 Å². The van der Waals surface area contributed by atoms with Crippen LogP contribution in [0.15, 0.2) is 24.3 Å². The summed E-state index contributed by atoms with van der Waals surface area (Å²) in [7, 11) is 0. The minimum Gasteiger partial charge on any atom is -0.478 e. The average Bonchev–Trinajstić information content (AvgIpc) is 2.35. The predicted molar refractivity (Wildman–Crippen MR) is 72.0 cm³/mol. The summed E-state index contributed by atoms with van der Waals surface area (Å²) >= 11 is 0. The van der Waals surface area contributed by atoms with Crippen molar-refractivity contribution in [3.63, 3.8) is 0 Å². The Kier molecular flexibility index (Phi) is 5.52. The molecule has 1 aromatic carbocycles. The average molecular weight is 279 g/mol. The molecule has 0 spiro atoms. The van der Waals surface area contributed by atoms with Gasteiger partial charge in [0.05, 0.1) is 5.56 Å². The number of carboxylic acid groups (broad SMARTS) is 1. The van der Waals surface area contributed by atoms with Crippen molar-refractivity contribution in [2.45, 2.75) is 25.9 Å². The zero-order chi connectivity index (χ0) is 15.1. The first-order valence-corrected chi connectivity index (χ1v) is 6.03. The van der Waals surface area contributed by atoms with Crippen LogP contribution in [0.4, 0.5) is 4.79 Å². The van der Waals surface area contributed by atoms with E-state index in [1.54, 1.807) is 19.1 Å². The van der Waals surface area contributed by atoms with Gasteiger partial charge in [-0.3, -0.25) is 4.79 Å².